The van der Waals surface area contributed by atoms with E-state index < -0.39 is 36.2 Å². The third-order valence-electron chi connectivity index (χ3n) is 7.23. The van der Waals surface area contributed by atoms with E-state index in [1.807, 2.05) is 38.1 Å². The number of aromatic nitrogens is 1. The van der Waals surface area contributed by atoms with E-state index in [0.29, 0.717) is 57.6 Å². The lowest BCUT2D eigenvalue weighted by Crippen LogP contribution is -2.53. The van der Waals surface area contributed by atoms with Crippen molar-refractivity contribution in [2.45, 2.75) is 89.7 Å². The van der Waals surface area contributed by atoms with Gasteiger partial charge in [0.25, 0.3) is 0 Å². The first-order valence-corrected chi connectivity index (χ1v) is 14.4. The van der Waals surface area contributed by atoms with Gasteiger partial charge in [0.15, 0.2) is 0 Å². The van der Waals surface area contributed by atoms with Crippen molar-refractivity contribution in [3.63, 3.8) is 0 Å². The van der Waals surface area contributed by atoms with E-state index in [1.54, 1.807) is 6.92 Å². The van der Waals surface area contributed by atoms with Gasteiger partial charge in [0.2, 0.25) is 5.91 Å². The smallest absolute Gasteiger partial charge is 0.326 e. The highest BCUT2D eigenvalue weighted by molar-refractivity contribution is 5.88. The van der Waals surface area contributed by atoms with Gasteiger partial charge in [-0.25, -0.2) is 4.79 Å². The molecule has 41 heavy (non-hydrogen) atoms. The van der Waals surface area contributed by atoms with E-state index in [4.69, 9.17) is 4.74 Å². The monoisotopic (exact) mass is 575 g/mol. The van der Waals surface area contributed by atoms with Gasteiger partial charge < -0.3 is 40.6 Å². The van der Waals surface area contributed by atoms with E-state index in [0.717, 1.165) is 23.0 Å². The maximum absolute atomic E-state index is 12.7. The lowest BCUT2D eigenvalue weighted by Gasteiger charge is -2.27. The molecule has 1 aromatic heterocycles. The molecule has 0 saturated carbocycles. The van der Waals surface area contributed by atoms with Crippen LogP contribution in [0.5, 0.6) is 5.75 Å². The summed E-state index contributed by atoms with van der Waals surface area (Å²) in [5.41, 5.74) is 1.92. The summed E-state index contributed by atoms with van der Waals surface area (Å²) in [5, 5.41) is 39.5. The van der Waals surface area contributed by atoms with Gasteiger partial charge in [-0.3, -0.25) is 14.9 Å². The van der Waals surface area contributed by atoms with Crippen molar-refractivity contribution in [2.24, 2.45) is 0 Å². The molecule has 0 spiro atoms. The highest BCUT2D eigenvalue weighted by Gasteiger charge is 2.36. The molecule has 7 N–H and O–H groups in total. The number of hydrogen-bond acceptors (Lipinski definition) is 8. The van der Waals surface area contributed by atoms with Gasteiger partial charge in [-0.2, -0.15) is 0 Å². The molecule has 12 nitrogen and oxygen atoms in total. The number of likely N-dealkylation sites (tertiary alicyclic amines) is 1. The van der Waals surface area contributed by atoms with Crippen LogP contribution in [-0.2, 0) is 20.9 Å². The summed E-state index contributed by atoms with van der Waals surface area (Å²) in [6.45, 7) is 7.93. The molecule has 2 heterocycles. The molecule has 1 saturated heterocycles. The molecule has 0 aliphatic carbocycles. The van der Waals surface area contributed by atoms with E-state index in [1.165, 1.54) is 4.90 Å². The minimum absolute atomic E-state index is 0.192. The second-order valence-electron chi connectivity index (χ2n) is 11.0. The quantitative estimate of drug-likeness (QED) is 0.129. The van der Waals surface area contributed by atoms with Gasteiger partial charge in [0, 0.05) is 42.3 Å². The van der Waals surface area contributed by atoms with Crippen molar-refractivity contribution < 1.29 is 34.4 Å². The van der Waals surface area contributed by atoms with Crippen molar-refractivity contribution in [1.82, 2.24) is 25.8 Å². The molecule has 0 bridgehead atoms. The fourth-order valence-electron chi connectivity index (χ4n) is 5.03. The maximum atomic E-state index is 12.7. The number of rotatable bonds is 18. The lowest BCUT2D eigenvalue weighted by atomic mass is 10.1. The van der Waals surface area contributed by atoms with E-state index in [2.05, 4.69) is 20.9 Å². The van der Waals surface area contributed by atoms with Crippen LogP contribution in [0.3, 0.4) is 0 Å². The third-order valence-corrected chi connectivity index (χ3v) is 7.23. The van der Waals surface area contributed by atoms with Gasteiger partial charge >= 0.3 is 11.9 Å². The number of nitrogens with one attached hydrogen (secondary N) is 4. The van der Waals surface area contributed by atoms with Gasteiger partial charge in [-0.05, 0) is 57.4 Å². The summed E-state index contributed by atoms with van der Waals surface area (Å²) in [6.07, 6.45) is 2.16. The summed E-state index contributed by atoms with van der Waals surface area (Å²) in [5.74, 6) is -1.74. The zero-order chi connectivity index (χ0) is 29.9. The Bertz CT molecular complexity index is 1150. The lowest BCUT2D eigenvalue weighted by molar-refractivity contribution is -0.149. The minimum atomic E-state index is -1.03. The zero-order valence-electron chi connectivity index (χ0n) is 24.2. The van der Waals surface area contributed by atoms with Crippen molar-refractivity contribution in [3.05, 3.63) is 30.0 Å². The molecule has 1 amide bonds. The van der Waals surface area contributed by atoms with Gasteiger partial charge in [-0.1, -0.05) is 26.3 Å². The van der Waals surface area contributed by atoms with Gasteiger partial charge in [0.05, 0.1) is 6.04 Å². The first kappa shape index (κ1) is 32.3. The number of nitrogens with zero attached hydrogens (tertiary/aromatic N) is 1. The third kappa shape index (κ3) is 9.70. The van der Waals surface area contributed by atoms with E-state index in [9.17, 15) is 29.7 Å². The molecule has 1 aliphatic heterocycles. The highest BCUT2D eigenvalue weighted by atomic mass is 16.5. The minimum Gasteiger partial charge on any atom is -0.490 e. The molecule has 3 rings (SSSR count). The summed E-state index contributed by atoms with van der Waals surface area (Å²) < 4.78 is 5.88. The number of carboxylic acids is 2. The highest BCUT2D eigenvalue weighted by Crippen LogP contribution is 2.26. The number of aliphatic hydroxyl groups is 1. The summed E-state index contributed by atoms with van der Waals surface area (Å²) in [6, 6.07) is 5.54. The Morgan fingerprint density at radius 3 is 2.66 bits per heavy atom. The molecule has 1 fully saturated rings. The first-order valence-electron chi connectivity index (χ1n) is 14.4. The molecule has 1 aliphatic rings. The molecular formula is C29H45N5O7. The number of carboxylic acid groups (broad SMARTS) is 2. The Morgan fingerprint density at radius 2 is 1.95 bits per heavy atom. The summed E-state index contributed by atoms with van der Waals surface area (Å²) in [7, 11) is 0. The molecule has 228 valence electrons. The van der Waals surface area contributed by atoms with Crippen molar-refractivity contribution in [2.75, 3.05) is 26.2 Å². The van der Waals surface area contributed by atoms with Crippen LogP contribution in [0.2, 0.25) is 0 Å². The van der Waals surface area contributed by atoms with E-state index >= 15 is 0 Å². The molecule has 0 radical (unpaired) electrons. The number of benzene rings is 1. The van der Waals surface area contributed by atoms with Gasteiger partial charge in [0.1, 0.15) is 30.5 Å². The number of aliphatic hydroxyl groups excluding tert-OH is 1. The Morgan fingerprint density at radius 1 is 1.17 bits per heavy atom. The molecular weight excluding hydrogens is 530 g/mol. The number of aliphatic carboxylic acids is 2. The van der Waals surface area contributed by atoms with Crippen LogP contribution < -0.4 is 20.7 Å². The summed E-state index contributed by atoms with van der Waals surface area (Å²) in [4.78, 5) is 40.6. The van der Waals surface area contributed by atoms with Crippen LogP contribution in [0.4, 0.5) is 0 Å². The number of fused-ring (bicyclic) bond motifs is 1. The number of unbranched alkanes of at least 4 members (excludes halogenated alkanes) is 1. The Labute approximate surface area is 240 Å². The van der Waals surface area contributed by atoms with E-state index in [-0.39, 0.29) is 18.6 Å². The number of ether oxygens (including phenoxy) is 1. The Balaban J connectivity index is 1.40. The number of carbonyl (C=O) groups excluding carboxylic acids is 1. The summed E-state index contributed by atoms with van der Waals surface area (Å²) >= 11 is 0. The molecule has 2 aromatic rings. The van der Waals surface area contributed by atoms with Crippen LogP contribution >= 0.6 is 0 Å². The number of aromatic amines is 1. The zero-order valence-corrected chi connectivity index (χ0v) is 24.2. The number of amides is 1. The van der Waals surface area contributed by atoms with Crippen LogP contribution in [0, 0.1) is 0 Å². The fraction of sp³-hybridized carbons (Fsp3) is 0.621. The van der Waals surface area contributed by atoms with Crippen molar-refractivity contribution >= 4 is 28.7 Å². The number of carbonyl (C=O) groups is 3. The standard InChI is InChI=1S/C29H45N5O7/c1-18(2)31-16-21(35)17-41-26-11-6-9-23-22(26)14-20(33-23)15-30-12-5-4-8-24(28(37)38)32-19(3)27(36)34-13-7-10-25(34)29(39)40/h6,9,11,14,18-19,21,24-25,30-33,35H,4-5,7-8,10,12-13,15-17H2,1-3H3,(H,37,38)(H,39,40)/t19-,21-,24-,25-/m0/s1. The average Bonchev–Trinajstić information content (AvgIpc) is 3.59. The normalized spacial score (nSPS) is 17.6. The van der Waals surface area contributed by atoms with Crippen LogP contribution in [-0.4, -0.2) is 99.6 Å². The molecule has 4 atom stereocenters. The SMILES string of the molecule is CC(C)NC[C@H](O)COc1cccc2[nH]c(CNCCCC[C@H](N[C@@H](C)C(=O)N3CCC[C@H]3C(=O)O)C(=O)O)cc12. The van der Waals surface area contributed by atoms with Gasteiger partial charge in [-0.15, -0.1) is 0 Å². The second kappa shape index (κ2) is 15.7. The molecule has 12 heteroatoms. The predicted molar refractivity (Wildman–Crippen MR) is 155 cm³/mol. The Hall–Kier alpha value is -3.19. The van der Waals surface area contributed by atoms with Crippen LogP contribution in [0.25, 0.3) is 10.9 Å². The maximum Gasteiger partial charge on any atom is 0.326 e. The van der Waals surface area contributed by atoms with Crippen molar-refractivity contribution in [1.29, 1.82) is 0 Å². The number of H-pyrrole nitrogens is 1. The first-order chi connectivity index (χ1) is 19.6. The van der Waals surface area contributed by atoms with Crippen LogP contribution in [0.1, 0.15) is 58.6 Å². The second-order valence-corrected chi connectivity index (χ2v) is 11.0. The fourth-order valence-corrected chi connectivity index (χ4v) is 5.03. The Kier molecular flexibility index (Phi) is 12.4. The predicted octanol–water partition coefficient (Wildman–Crippen LogP) is 1.67. The number of hydrogen-bond donors (Lipinski definition) is 7. The van der Waals surface area contributed by atoms with Crippen LogP contribution in [0.15, 0.2) is 24.3 Å². The average molecular weight is 576 g/mol. The topological polar surface area (TPSA) is 176 Å². The largest absolute Gasteiger partial charge is 0.490 e. The molecule has 1 aromatic carbocycles. The van der Waals surface area contributed by atoms with Crippen molar-refractivity contribution in [3.8, 4) is 5.75 Å². The molecule has 0 unspecified atom stereocenters.